The van der Waals surface area contributed by atoms with E-state index in [0.717, 1.165) is 12.1 Å². The molecule has 0 aliphatic heterocycles. The fourth-order valence-corrected chi connectivity index (χ4v) is 1.68. The molecule has 0 radical (unpaired) electrons. The van der Waals surface area contributed by atoms with Crippen LogP contribution in [0.15, 0.2) is 30.6 Å². The number of rotatable bonds is 5. The number of methoxy groups -OCH3 is 1. The predicted molar refractivity (Wildman–Crippen MR) is 68.8 cm³/mol. The van der Waals surface area contributed by atoms with Gasteiger partial charge in [0.15, 0.2) is 0 Å². The minimum absolute atomic E-state index is 0.0470. The van der Waals surface area contributed by atoms with Gasteiger partial charge in [-0.25, -0.2) is 4.39 Å². The second-order valence-corrected chi connectivity index (χ2v) is 4.30. The van der Waals surface area contributed by atoms with Gasteiger partial charge in [0.2, 0.25) is 0 Å². The Hall–Kier alpha value is -2.09. The Kier molecular flexibility index (Phi) is 4.46. The molecule has 0 atom stereocenters. The van der Waals surface area contributed by atoms with Gasteiger partial charge in [-0.3, -0.25) is 4.68 Å². The van der Waals surface area contributed by atoms with Crippen molar-refractivity contribution in [2.75, 3.05) is 19.0 Å². The lowest BCUT2D eigenvalue weighted by Crippen LogP contribution is -2.06. The van der Waals surface area contributed by atoms with Gasteiger partial charge in [0, 0.05) is 13.3 Å². The molecule has 0 aliphatic carbocycles. The largest absolute Gasteiger partial charge is 0.416 e. The average Bonchev–Trinajstić information content (AvgIpc) is 2.85. The minimum Gasteiger partial charge on any atom is -0.383 e. The summed E-state index contributed by atoms with van der Waals surface area (Å²) in [6, 6.07) is 2.32. The van der Waals surface area contributed by atoms with E-state index in [4.69, 9.17) is 4.74 Å². The predicted octanol–water partition coefficient (Wildman–Crippen LogP) is 3.43. The van der Waals surface area contributed by atoms with Gasteiger partial charge in [0.05, 0.1) is 36.3 Å². The molecule has 0 saturated heterocycles. The van der Waals surface area contributed by atoms with E-state index in [9.17, 15) is 17.6 Å². The van der Waals surface area contributed by atoms with Gasteiger partial charge in [0.25, 0.3) is 0 Å². The third-order valence-electron chi connectivity index (χ3n) is 2.73. The fourth-order valence-electron chi connectivity index (χ4n) is 1.68. The highest BCUT2D eigenvalue weighted by molar-refractivity contribution is 5.59. The maximum Gasteiger partial charge on any atom is 0.416 e. The van der Waals surface area contributed by atoms with Crippen molar-refractivity contribution in [2.45, 2.75) is 12.7 Å². The maximum absolute atomic E-state index is 13.7. The van der Waals surface area contributed by atoms with Gasteiger partial charge in [-0.2, -0.15) is 18.3 Å². The molecule has 0 aliphatic rings. The van der Waals surface area contributed by atoms with E-state index in [2.05, 4.69) is 10.4 Å². The van der Waals surface area contributed by atoms with E-state index in [1.807, 2.05) is 0 Å². The van der Waals surface area contributed by atoms with Crippen molar-refractivity contribution in [1.29, 1.82) is 0 Å². The zero-order chi connectivity index (χ0) is 15.5. The molecule has 0 spiro atoms. The highest BCUT2D eigenvalue weighted by Crippen LogP contribution is 2.31. The molecule has 1 aromatic carbocycles. The minimum atomic E-state index is -4.57. The Labute approximate surface area is 118 Å². The molecule has 1 N–H and O–H groups in total. The van der Waals surface area contributed by atoms with Crippen LogP contribution in [0.2, 0.25) is 0 Å². The Morgan fingerprint density at radius 3 is 2.71 bits per heavy atom. The van der Waals surface area contributed by atoms with E-state index < -0.39 is 17.6 Å². The molecule has 1 heterocycles. The van der Waals surface area contributed by atoms with Crippen molar-refractivity contribution in [3.63, 3.8) is 0 Å². The summed E-state index contributed by atoms with van der Waals surface area (Å²) in [5.74, 6) is -0.977. The van der Waals surface area contributed by atoms with Crippen LogP contribution in [0.25, 0.3) is 0 Å². The number of aromatic nitrogens is 2. The number of halogens is 4. The normalized spacial score (nSPS) is 11.7. The molecule has 0 amide bonds. The Morgan fingerprint density at radius 2 is 2.10 bits per heavy atom. The number of hydrogen-bond donors (Lipinski definition) is 1. The first kappa shape index (κ1) is 15.3. The highest BCUT2D eigenvalue weighted by atomic mass is 19.4. The van der Waals surface area contributed by atoms with Crippen molar-refractivity contribution in [2.24, 2.45) is 0 Å². The SMILES string of the molecule is COCCn1cc(Nc2ccc(C(F)(F)F)cc2F)cn1. The summed E-state index contributed by atoms with van der Waals surface area (Å²) in [6.07, 6.45) is -1.51. The average molecular weight is 303 g/mol. The molecule has 0 fully saturated rings. The number of nitrogens with one attached hydrogen (secondary N) is 1. The third kappa shape index (κ3) is 3.94. The van der Waals surface area contributed by atoms with E-state index in [1.165, 1.54) is 6.20 Å². The number of alkyl halides is 3. The highest BCUT2D eigenvalue weighted by Gasteiger charge is 2.31. The molecule has 114 valence electrons. The Balaban J connectivity index is 2.11. The second kappa shape index (κ2) is 6.13. The lowest BCUT2D eigenvalue weighted by molar-refractivity contribution is -0.137. The van der Waals surface area contributed by atoms with E-state index in [-0.39, 0.29) is 5.69 Å². The van der Waals surface area contributed by atoms with Gasteiger partial charge in [-0.15, -0.1) is 0 Å². The van der Waals surface area contributed by atoms with E-state index >= 15 is 0 Å². The number of nitrogens with zero attached hydrogens (tertiary/aromatic N) is 2. The van der Waals surface area contributed by atoms with Crippen LogP contribution in [-0.4, -0.2) is 23.5 Å². The Morgan fingerprint density at radius 1 is 1.33 bits per heavy atom. The molecule has 0 saturated carbocycles. The van der Waals surface area contributed by atoms with Crippen LogP contribution in [0, 0.1) is 5.82 Å². The summed E-state index contributed by atoms with van der Waals surface area (Å²) >= 11 is 0. The van der Waals surface area contributed by atoms with Crippen LogP contribution in [0.4, 0.5) is 28.9 Å². The molecule has 8 heteroatoms. The molecule has 4 nitrogen and oxygen atoms in total. The van der Waals surface area contributed by atoms with Crippen molar-refractivity contribution in [1.82, 2.24) is 9.78 Å². The van der Waals surface area contributed by atoms with Gasteiger partial charge in [0.1, 0.15) is 5.82 Å². The molecular formula is C13H13F4N3O. The fraction of sp³-hybridized carbons (Fsp3) is 0.308. The third-order valence-corrected chi connectivity index (χ3v) is 2.73. The van der Waals surface area contributed by atoms with Gasteiger partial charge in [-0.1, -0.05) is 0 Å². The van der Waals surface area contributed by atoms with Crippen molar-refractivity contribution < 1.29 is 22.3 Å². The molecular weight excluding hydrogens is 290 g/mol. The van der Waals surface area contributed by atoms with E-state index in [0.29, 0.717) is 24.9 Å². The van der Waals surface area contributed by atoms with Crippen molar-refractivity contribution >= 4 is 11.4 Å². The summed E-state index contributed by atoms with van der Waals surface area (Å²) in [5.41, 5.74) is -0.597. The lowest BCUT2D eigenvalue weighted by atomic mass is 10.2. The quantitative estimate of drug-likeness (QED) is 0.860. The maximum atomic E-state index is 13.7. The molecule has 2 rings (SSSR count). The topological polar surface area (TPSA) is 39.1 Å². The number of benzene rings is 1. The van der Waals surface area contributed by atoms with Crippen LogP contribution in [0.5, 0.6) is 0 Å². The summed E-state index contributed by atoms with van der Waals surface area (Å²) in [6.45, 7) is 0.990. The van der Waals surface area contributed by atoms with Crippen molar-refractivity contribution in [3.05, 3.63) is 42.0 Å². The molecule has 1 aromatic heterocycles. The first-order chi connectivity index (χ1) is 9.90. The Bertz CT molecular complexity index is 610. The van der Waals surface area contributed by atoms with E-state index in [1.54, 1.807) is 18.0 Å². The molecule has 0 unspecified atom stereocenters. The van der Waals surface area contributed by atoms with Crippen LogP contribution in [-0.2, 0) is 17.5 Å². The van der Waals surface area contributed by atoms with Crippen molar-refractivity contribution in [3.8, 4) is 0 Å². The zero-order valence-corrected chi connectivity index (χ0v) is 11.1. The lowest BCUT2D eigenvalue weighted by Gasteiger charge is -2.09. The number of ether oxygens (including phenoxy) is 1. The van der Waals surface area contributed by atoms with Gasteiger partial charge >= 0.3 is 6.18 Å². The first-order valence-corrected chi connectivity index (χ1v) is 6.05. The monoisotopic (exact) mass is 303 g/mol. The van der Waals surface area contributed by atoms with Gasteiger partial charge < -0.3 is 10.1 Å². The summed E-state index contributed by atoms with van der Waals surface area (Å²) in [7, 11) is 1.56. The number of anilines is 2. The smallest absolute Gasteiger partial charge is 0.383 e. The van der Waals surface area contributed by atoms with Crippen LogP contribution in [0.3, 0.4) is 0 Å². The van der Waals surface area contributed by atoms with Crippen LogP contribution in [0.1, 0.15) is 5.56 Å². The standard InChI is InChI=1S/C13H13F4N3O/c1-21-5-4-20-8-10(7-18-20)19-12-3-2-9(6-11(12)14)13(15,16)17/h2-3,6-8,19H,4-5H2,1H3. The van der Waals surface area contributed by atoms with Crippen LogP contribution < -0.4 is 5.32 Å². The second-order valence-electron chi connectivity index (χ2n) is 4.30. The molecule has 2 aromatic rings. The number of hydrogen-bond acceptors (Lipinski definition) is 3. The molecule has 21 heavy (non-hydrogen) atoms. The van der Waals surface area contributed by atoms with Gasteiger partial charge in [-0.05, 0) is 18.2 Å². The van der Waals surface area contributed by atoms with Crippen LogP contribution >= 0.6 is 0 Å². The summed E-state index contributed by atoms with van der Waals surface area (Å²) in [4.78, 5) is 0. The first-order valence-electron chi connectivity index (χ1n) is 6.05. The summed E-state index contributed by atoms with van der Waals surface area (Å²) in [5, 5.41) is 6.69. The molecule has 0 bridgehead atoms. The summed E-state index contributed by atoms with van der Waals surface area (Å²) < 4.78 is 57.4. The zero-order valence-electron chi connectivity index (χ0n) is 11.1.